The molecule has 2 N–H and O–H groups in total. The molecule has 3 aliphatic heterocycles. The Kier molecular flexibility index (Phi) is 3.80. The van der Waals surface area contributed by atoms with Gasteiger partial charge in [-0.25, -0.2) is 0 Å². The number of hydrogen-bond donors (Lipinski definition) is 2. The summed E-state index contributed by atoms with van der Waals surface area (Å²) in [5.41, 5.74) is 4.13. The van der Waals surface area contributed by atoms with Crippen molar-refractivity contribution in [3.05, 3.63) is 42.0 Å². The molecule has 0 aromatic carbocycles. The van der Waals surface area contributed by atoms with E-state index in [1.165, 1.54) is 0 Å². The molecule has 0 unspecified atom stereocenters. The zero-order chi connectivity index (χ0) is 13.9. The van der Waals surface area contributed by atoms with Gasteiger partial charge in [-0.05, 0) is 0 Å². The normalized spacial score (nSPS) is 27.3. The molecular weight excluding hydrogens is 445 g/mol. The van der Waals surface area contributed by atoms with Gasteiger partial charge in [0.05, 0.1) is 0 Å². The zero-order valence-corrected chi connectivity index (χ0v) is 15.6. The third-order valence-corrected chi connectivity index (χ3v) is 7.17. The number of fused-ring (bicyclic) bond motifs is 8. The molecule has 1 aromatic rings. The molecule has 21 heavy (non-hydrogen) atoms. The van der Waals surface area contributed by atoms with Crippen LogP contribution < -0.4 is 10.6 Å². The van der Waals surface area contributed by atoms with E-state index in [0.717, 1.165) is 32.3 Å². The Hall–Kier alpha value is -0.976. The molecule has 0 fully saturated rings. The van der Waals surface area contributed by atoms with Crippen molar-refractivity contribution in [2.24, 2.45) is 0 Å². The zero-order valence-electron chi connectivity index (χ0n) is 11.3. The molecule has 0 radical (unpaired) electrons. The number of rotatable bonds is 0. The van der Waals surface area contributed by atoms with Crippen LogP contribution in [0.5, 0.6) is 0 Å². The molecule has 0 aliphatic carbocycles. The van der Waals surface area contributed by atoms with Crippen molar-refractivity contribution >= 4 is 52.1 Å². The van der Waals surface area contributed by atoms with Gasteiger partial charge in [0.25, 0.3) is 0 Å². The van der Waals surface area contributed by atoms with Crippen molar-refractivity contribution in [2.45, 2.75) is 0 Å². The van der Waals surface area contributed by atoms with Crippen molar-refractivity contribution in [1.29, 1.82) is 0 Å². The van der Waals surface area contributed by atoms with Gasteiger partial charge in [0.15, 0.2) is 0 Å². The van der Waals surface area contributed by atoms with Crippen LogP contribution in [0.3, 0.4) is 0 Å². The van der Waals surface area contributed by atoms with Crippen LogP contribution in [0.15, 0.2) is 30.6 Å². The van der Waals surface area contributed by atoms with Crippen LogP contribution in [0.4, 0.5) is 0 Å². The van der Waals surface area contributed by atoms with Gasteiger partial charge in [-0.3, -0.25) is 0 Å². The van der Waals surface area contributed by atoms with Gasteiger partial charge in [-0.2, -0.15) is 0 Å². The van der Waals surface area contributed by atoms with Gasteiger partial charge in [0.1, 0.15) is 0 Å². The molecule has 3 aliphatic rings. The fourth-order valence-electron chi connectivity index (χ4n) is 2.38. The quantitative estimate of drug-likeness (QED) is 0.576. The first-order chi connectivity index (χ1) is 9.66. The van der Waals surface area contributed by atoms with Crippen LogP contribution in [0.2, 0.25) is 0 Å². The summed E-state index contributed by atoms with van der Waals surface area (Å²) in [6, 6.07) is 6.13. The summed E-state index contributed by atoms with van der Waals surface area (Å²) in [4.78, 5) is 9.09. The van der Waals surface area contributed by atoms with Crippen LogP contribution in [0.1, 0.15) is 11.4 Å². The topological polar surface area (TPSA) is 43.4 Å². The third-order valence-electron chi connectivity index (χ3n) is 3.45. The van der Waals surface area contributed by atoms with Crippen LogP contribution in [-0.2, 0) is 10.8 Å². The van der Waals surface area contributed by atoms with Crippen molar-refractivity contribution in [3.63, 3.8) is 0 Å². The fraction of sp³-hybridized carbons (Fsp3) is 0.154. The van der Waals surface area contributed by atoms with Crippen LogP contribution in [0.25, 0.3) is 11.4 Å². The molecule has 8 heteroatoms. The molecule has 4 heterocycles. The predicted molar refractivity (Wildman–Crippen MR) is 91.3 cm³/mol. The Morgan fingerprint density at radius 1 is 1.00 bits per heavy atom. The van der Waals surface area contributed by atoms with Crippen molar-refractivity contribution in [2.75, 3.05) is 14.1 Å². The second-order valence-corrected chi connectivity index (χ2v) is 8.22. The summed E-state index contributed by atoms with van der Waals surface area (Å²) >= 11 is 3.82. The summed E-state index contributed by atoms with van der Waals surface area (Å²) in [6.45, 7) is 0. The Balaban J connectivity index is 0.00000132. The van der Waals surface area contributed by atoms with E-state index in [0.29, 0.717) is 0 Å². The van der Waals surface area contributed by atoms with E-state index >= 15 is 0 Å². The maximum atomic E-state index is 4.78. The average Bonchev–Trinajstić information content (AvgIpc) is 3.01. The van der Waals surface area contributed by atoms with Gasteiger partial charge in [0.2, 0.25) is 0 Å². The van der Waals surface area contributed by atoms with Crippen LogP contribution in [0, 0.1) is 0 Å². The Morgan fingerprint density at radius 2 is 1.48 bits per heavy atom. The van der Waals surface area contributed by atoms with Crippen molar-refractivity contribution in [3.8, 4) is 0 Å². The van der Waals surface area contributed by atoms with E-state index in [4.69, 9.17) is 4.98 Å². The number of hydrogen-bond acceptors (Lipinski definition) is 5. The number of halogens is 2. The standard InChI is InChI=1S/C13H13N5.2BrH.Ni/c1-17-8-14-6-12(17)10-4-3-5-11(16-10)13-7-15-9-18(13)2;;;/h3-7,14-15H,1-2H3;2*1H;/q;;;+1/p-1. The minimum absolute atomic E-state index is 0. The van der Waals surface area contributed by atoms with Gasteiger partial charge in [0, 0.05) is 0 Å². The van der Waals surface area contributed by atoms with Gasteiger partial charge >= 0.3 is 127 Å². The van der Waals surface area contributed by atoms with Gasteiger partial charge < -0.3 is 0 Å². The Morgan fingerprint density at radius 3 is 1.95 bits per heavy atom. The summed E-state index contributed by atoms with van der Waals surface area (Å²) in [5.74, 6) is 0. The molecule has 6 bridgehead atoms. The van der Waals surface area contributed by atoms with Crippen LogP contribution >= 0.6 is 31.2 Å². The van der Waals surface area contributed by atoms with E-state index < -0.39 is 0 Å². The first-order valence-corrected chi connectivity index (χ1v) is 9.50. The van der Waals surface area contributed by atoms with E-state index in [1.54, 1.807) is 0 Å². The summed E-state index contributed by atoms with van der Waals surface area (Å²) in [7, 11) is 3.74. The van der Waals surface area contributed by atoms with Crippen molar-refractivity contribution in [1.82, 2.24) is 25.4 Å². The third kappa shape index (κ3) is 2.12. The summed E-state index contributed by atoms with van der Waals surface area (Å²) < 4.78 is 2.25. The fourth-order valence-corrected chi connectivity index (χ4v) is 5.80. The molecule has 0 amide bonds. The van der Waals surface area contributed by atoms with Crippen molar-refractivity contribution < 1.29 is 10.8 Å². The van der Waals surface area contributed by atoms with Crippen LogP contribution in [-0.4, -0.2) is 38.4 Å². The molecule has 1 aromatic heterocycles. The molecule has 5 nitrogen and oxygen atoms in total. The molecular formula is C13H14Br2N5Ni. The second-order valence-electron chi connectivity index (χ2n) is 4.60. The number of nitrogens with zero attached hydrogens (tertiary/aromatic N) is 3. The molecule has 0 atom stereocenters. The summed E-state index contributed by atoms with van der Waals surface area (Å²) in [5, 5.41) is 6.74. The molecule has 4 rings (SSSR count). The van der Waals surface area contributed by atoms with E-state index in [2.05, 4.69) is 48.8 Å². The maximum absolute atomic E-state index is 4.78. The van der Waals surface area contributed by atoms with Gasteiger partial charge in [-0.1, -0.05) is 0 Å². The predicted octanol–water partition coefficient (Wildman–Crippen LogP) is 1.44. The molecule has 0 spiro atoms. The second kappa shape index (κ2) is 5.34. The number of nitrogens with one attached hydrogen (secondary N) is 2. The molecule has 0 saturated heterocycles. The van der Waals surface area contributed by atoms with Gasteiger partial charge in [-0.15, -0.1) is 17.0 Å². The Bertz CT molecular complexity index is 719. The number of pyridine rings is 1. The minimum atomic E-state index is -0.386. The van der Waals surface area contributed by atoms with E-state index in [-0.39, 0.29) is 27.8 Å². The average molecular weight is 459 g/mol. The first kappa shape index (κ1) is 14.9. The first-order valence-electron chi connectivity index (χ1n) is 6.07. The Labute approximate surface area is 144 Å². The molecule has 0 saturated carbocycles. The number of aromatic nitrogens is 1. The monoisotopic (exact) mass is 456 g/mol. The van der Waals surface area contributed by atoms with E-state index in [1.807, 2.05) is 30.6 Å². The molecule has 115 valence electrons. The van der Waals surface area contributed by atoms with E-state index in [9.17, 15) is 0 Å². The SMILES string of the molecule is Br.CN1C2=CN/[C]1=[Ni](\[Br])=[C]1\NC=C(c3cccc2n3)N1C. The summed E-state index contributed by atoms with van der Waals surface area (Å²) in [6.07, 6.45) is 4.03.